The van der Waals surface area contributed by atoms with Crippen LogP contribution in [0, 0.1) is 10.1 Å². The van der Waals surface area contributed by atoms with E-state index in [0.717, 1.165) is 5.84 Å². The van der Waals surface area contributed by atoms with Crippen molar-refractivity contribution in [2.24, 2.45) is 4.99 Å². The van der Waals surface area contributed by atoms with Crippen molar-refractivity contribution in [2.45, 2.75) is 25.4 Å². The van der Waals surface area contributed by atoms with E-state index >= 15 is 0 Å². The second-order valence-corrected chi connectivity index (χ2v) is 4.62. The van der Waals surface area contributed by atoms with E-state index in [9.17, 15) is 14.9 Å². The Morgan fingerprint density at radius 1 is 1.53 bits per heavy atom. The molecule has 98 valence electrons. The van der Waals surface area contributed by atoms with Gasteiger partial charge in [-0.15, -0.1) is 0 Å². The highest BCUT2D eigenvalue weighted by atomic mass is 16.6. The lowest BCUT2D eigenvalue weighted by Gasteiger charge is -2.28. The van der Waals surface area contributed by atoms with Gasteiger partial charge in [0.05, 0.1) is 10.6 Å². The van der Waals surface area contributed by atoms with Crippen LogP contribution >= 0.6 is 0 Å². The number of amidine groups is 1. The van der Waals surface area contributed by atoms with Gasteiger partial charge < -0.3 is 10.0 Å². The van der Waals surface area contributed by atoms with Crippen LogP contribution in [0.2, 0.25) is 0 Å². The summed E-state index contributed by atoms with van der Waals surface area (Å²) in [6, 6.07) is 3.92. The van der Waals surface area contributed by atoms with Crippen molar-refractivity contribution < 1.29 is 14.8 Å². The molecule has 1 aromatic carbocycles. The monoisotopic (exact) mass is 261 g/mol. The Labute approximate surface area is 108 Å². The van der Waals surface area contributed by atoms with E-state index in [1.165, 1.54) is 12.1 Å². The van der Waals surface area contributed by atoms with Crippen LogP contribution in [0.3, 0.4) is 0 Å². The van der Waals surface area contributed by atoms with E-state index in [0.29, 0.717) is 30.6 Å². The summed E-state index contributed by atoms with van der Waals surface area (Å²) in [6.07, 6.45) is 1.16. The van der Waals surface area contributed by atoms with Crippen LogP contribution in [-0.4, -0.2) is 32.8 Å². The van der Waals surface area contributed by atoms with Gasteiger partial charge >= 0.3 is 5.97 Å². The number of carboxylic acid groups (broad SMARTS) is 1. The van der Waals surface area contributed by atoms with Crippen LogP contribution in [0.4, 0.5) is 11.4 Å². The van der Waals surface area contributed by atoms with Gasteiger partial charge in [-0.2, -0.15) is 0 Å². The summed E-state index contributed by atoms with van der Waals surface area (Å²) in [5.41, 5.74) is 1.40. The van der Waals surface area contributed by atoms with Crippen molar-refractivity contribution in [3.63, 3.8) is 0 Å². The normalized spacial score (nSPS) is 20.5. The highest BCUT2D eigenvalue weighted by Crippen LogP contribution is 2.34. The smallest absolute Gasteiger partial charge is 0.326 e. The summed E-state index contributed by atoms with van der Waals surface area (Å²) in [7, 11) is 0. The molecule has 2 heterocycles. The van der Waals surface area contributed by atoms with Crippen LogP contribution in [0.5, 0.6) is 0 Å². The fraction of sp³-hybridized carbons (Fsp3) is 0.333. The van der Waals surface area contributed by atoms with Gasteiger partial charge in [-0.25, -0.2) is 9.79 Å². The summed E-state index contributed by atoms with van der Waals surface area (Å²) < 4.78 is 0. The zero-order valence-corrected chi connectivity index (χ0v) is 9.94. The molecule has 7 nitrogen and oxygen atoms in total. The molecule has 0 spiro atoms. The molecule has 19 heavy (non-hydrogen) atoms. The molecule has 0 radical (unpaired) electrons. The number of aliphatic carboxylic acids is 1. The summed E-state index contributed by atoms with van der Waals surface area (Å²) in [5, 5.41) is 19.9. The van der Waals surface area contributed by atoms with Gasteiger partial charge in [0.1, 0.15) is 11.9 Å². The molecule has 7 heteroatoms. The van der Waals surface area contributed by atoms with Gasteiger partial charge in [0.25, 0.3) is 5.69 Å². The SMILES string of the molecule is O=C(O)[C@H]1CCC2=Nc3ccc([N+](=O)[O-])cc3CN21. The van der Waals surface area contributed by atoms with Gasteiger partial charge in [0.2, 0.25) is 0 Å². The number of aliphatic imine (C=N–C) groups is 1. The van der Waals surface area contributed by atoms with E-state index < -0.39 is 16.9 Å². The molecule has 3 rings (SSSR count). The number of benzene rings is 1. The quantitative estimate of drug-likeness (QED) is 0.645. The number of fused-ring (bicyclic) bond motifs is 2. The minimum Gasteiger partial charge on any atom is -0.480 e. The molecule has 0 saturated carbocycles. The molecular weight excluding hydrogens is 250 g/mol. The molecule has 0 aliphatic carbocycles. The average molecular weight is 261 g/mol. The average Bonchev–Trinajstić information content (AvgIpc) is 2.78. The lowest BCUT2D eigenvalue weighted by molar-refractivity contribution is -0.384. The molecule has 2 aliphatic heterocycles. The molecule has 1 aromatic rings. The van der Waals surface area contributed by atoms with Crippen molar-refractivity contribution in [2.75, 3.05) is 0 Å². The van der Waals surface area contributed by atoms with Gasteiger partial charge in [-0.1, -0.05) is 0 Å². The number of carbonyl (C=O) groups is 1. The standard InChI is InChI=1S/C12H11N3O4/c16-12(17)10-3-4-11-13-9-2-1-8(15(18)19)5-7(9)6-14(10)11/h1-2,5,10H,3-4,6H2,(H,16,17)/t10-/m1/s1. The Balaban J connectivity index is 1.99. The van der Waals surface area contributed by atoms with Crippen molar-refractivity contribution in [3.05, 3.63) is 33.9 Å². The van der Waals surface area contributed by atoms with Crippen molar-refractivity contribution in [3.8, 4) is 0 Å². The number of rotatable bonds is 2. The largest absolute Gasteiger partial charge is 0.480 e. The highest BCUT2D eigenvalue weighted by Gasteiger charge is 2.37. The minimum atomic E-state index is -0.876. The third-order valence-corrected chi connectivity index (χ3v) is 3.50. The number of nitro benzene ring substituents is 1. The van der Waals surface area contributed by atoms with E-state index in [-0.39, 0.29) is 5.69 Å². The zero-order chi connectivity index (χ0) is 13.6. The molecule has 1 fully saturated rings. The second-order valence-electron chi connectivity index (χ2n) is 4.62. The van der Waals surface area contributed by atoms with Gasteiger partial charge in [-0.05, 0) is 12.5 Å². The Morgan fingerprint density at radius 2 is 2.32 bits per heavy atom. The number of hydrogen-bond acceptors (Lipinski definition) is 5. The van der Waals surface area contributed by atoms with Crippen LogP contribution in [0.1, 0.15) is 18.4 Å². The molecular formula is C12H11N3O4. The first kappa shape index (κ1) is 11.6. The minimum absolute atomic E-state index is 0.00321. The van der Waals surface area contributed by atoms with Crippen molar-refractivity contribution >= 4 is 23.2 Å². The lowest BCUT2D eigenvalue weighted by Crippen LogP contribution is -2.39. The first-order valence-corrected chi connectivity index (χ1v) is 5.90. The number of non-ortho nitro benzene ring substituents is 1. The molecule has 0 unspecified atom stereocenters. The Bertz CT molecular complexity index is 611. The Kier molecular flexibility index (Phi) is 2.48. The predicted molar refractivity (Wildman–Crippen MR) is 66.4 cm³/mol. The van der Waals surface area contributed by atoms with Crippen LogP contribution in [-0.2, 0) is 11.3 Å². The fourth-order valence-corrected chi connectivity index (χ4v) is 2.57. The first-order chi connectivity index (χ1) is 9.06. The molecule has 1 saturated heterocycles. The van der Waals surface area contributed by atoms with E-state index in [2.05, 4.69) is 4.99 Å². The molecule has 0 aromatic heterocycles. The van der Waals surface area contributed by atoms with Crippen LogP contribution < -0.4 is 0 Å². The van der Waals surface area contributed by atoms with Gasteiger partial charge in [0.15, 0.2) is 0 Å². The fourth-order valence-electron chi connectivity index (χ4n) is 2.57. The number of carboxylic acids is 1. The first-order valence-electron chi connectivity index (χ1n) is 5.90. The third-order valence-electron chi connectivity index (χ3n) is 3.50. The van der Waals surface area contributed by atoms with E-state index in [1.807, 2.05) is 0 Å². The number of nitrogens with zero attached hydrogens (tertiary/aromatic N) is 3. The number of hydrogen-bond donors (Lipinski definition) is 1. The maximum atomic E-state index is 11.1. The van der Waals surface area contributed by atoms with E-state index in [4.69, 9.17) is 5.11 Å². The summed E-state index contributed by atoms with van der Waals surface area (Å²) in [4.78, 5) is 27.5. The predicted octanol–water partition coefficient (Wildman–Crippen LogP) is 1.69. The van der Waals surface area contributed by atoms with E-state index in [1.54, 1.807) is 11.0 Å². The van der Waals surface area contributed by atoms with Crippen LogP contribution in [0.15, 0.2) is 23.2 Å². The van der Waals surface area contributed by atoms with Crippen LogP contribution in [0.25, 0.3) is 0 Å². The maximum Gasteiger partial charge on any atom is 0.326 e. The third kappa shape index (κ3) is 1.83. The Morgan fingerprint density at radius 3 is 3.00 bits per heavy atom. The molecule has 2 aliphatic rings. The second kappa shape index (κ2) is 4.04. The summed E-state index contributed by atoms with van der Waals surface area (Å²) in [5.74, 6) is -0.118. The van der Waals surface area contributed by atoms with Crippen molar-refractivity contribution in [1.29, 1.82) is 0 Å². The van der Waals surface area contributed by atoms with Gasteiger partial charge in [-0.3, -0.25) is 10.1 Å². The highest BCUT2D eigenvalue weighted by molar-refractivity contribution is 5.93. The topological polar surface area (TPSA) is 96.0 Å². The summed E-state index contributed by atoms with van der Waals surface area (Å²) in [6.45, 7) is 0.368. The van der Waals surface area contributed by atoms with Gasteiger partial charge in [0, 0.05) is 30.7 Å². The molecule has 0 bridgehead atoms. The summed E-state index contributed by atoms with van der Waals surface area (Å²) >= 11 is 0. The lowest BCUT2D eigenvalue weighted by atomic mass is 10.1. The number of nitro groups is 1. The molecule has 1 N–H and O–H groups in total. The zero-order valence-electron chi connectivity index (χ0n) is 9.94. The van der Waals surface area contributed by atoms with Crippen molar-refractivity contribution in [1.82, 2.24) is 4.90 Å². The molecule has 0 amide bonds. The maximum absolute atomic E-state index is 11.1. The Hall–Kier alpha value is -2.44. The molecule has 1 atom stereocenters.